The van der Waals surface area contributed by atoms with Crippen LogP contribution < -0.4 is 19.5 Å². The number of aryl methyl sites for hydroxylation is 2. The number of anilines is 1. The van der Waals surface area contributed by atoms with Crippen molar-refractivity contribution >= 4 is 11.8 Å². The third-order valence-electron chi connectivity index (χ3n) is 6.14. The molecule has 0 unspecified atom stereocenters. The summed E-state index contributed by atoms with van der Waals surface area (Å²) in [5.41, 5.74) is 5.94. The second-order valence-corrected chi connectivity index (χ2v) is 8.08. The van der Waals surface area contributed by atoms with Gasteiger partial charge in [0, 0.05) is 11.5 Å². The maximum atomic E-state index is 12.8. The van der Waals surface area contributed by atoms with Crippen LogP contribution in [0.25, 0.3) is 5.69 Å². The van der Waals surface area contributed by atoms with Crippen molar-refractivity contribution in [1.29, 1.82) is 0 Å². The van der Waals surface area contributed by atoms with Gasteiger partial charge < -0.3 is 24.3 Å². The van der Waals surface area contributed by atoms with E-state index in [0.717, 1.165) is 34.0 Å². The zero-order valence-electron chi connectivity index (χ0n) is 19.2. The fourth-order valence-corrected chi connectivity index (χ4v) is 4.58. The van der Waals surface area contributed by atoms with E-state index in [4.69, 9.17) is 24.0 Å². The van der Waals surface area contributed by atoms with Crippen LogP contribution in [0.2, 0.25) is 0 Å². The molecule has 170 valence electrons. The number of cyclic esters (lactones) is 1. The Bertz CT molecular complexity index is 1270. The molecule has 2 aliphatic heterocycles. The first kappa shape index (κ1) is 20.9. The normalized spacial score (nSPS) is 16.6. The topological polar surface area (TPSA) is 83.8 Å². The van der Waals surface area contributed by atoms with Crippen molar-refractivity contribution in [3.63, 3.8) is 0 Å². The van der Waals surface area contributed by atoms with Gasteiger partial charge in [-0.2, -0.15) is 5.10 Å². The molecule has 0 spiro atoms. The molecule has 1 aromatic heterocycles. The van der Waals surface area contributed by atoms with Crippen molar-refractivity contribution in [3.05, 3.63) is 70.1 Å². The summed E-state index contributed by atoms with van der Waals surface area (Å²) in [4.78, 5) is 12.8. The van der Waals surface area contributed by atoms with Crippen molar-refractivity contribution < 1.29 is 23.7 Å². The monoisotopic (exact) mass is 447 g/mol. The first-order valence-electron chi connectivity index (χ1n) is 10.6. The van der Waals surface area contributed by atoms with Gasteiger partial charge in [0.2, 0.25) is 5.75 Å². The second-order valence-electron chi connectivity index (χ2n) is 8.08. The van der Waals surface area contributed by atoms with Gasteiger partial charge in [-0.15, -0.1) is 0 Å². The number of carbonyl (C=O) groups excluding carboxylic acids is 1. The molecule has 5 rings (SSSR count). The second kappa shape index (κ2) is 7.88. The molecule has 8 nitrogen and oxygen atoms in total. The van der Waals surface area contributed by atoms with Crippen molar-refractivity contribution in [2.45, 2.75) is 19.8 Å². The van der Waals surface area contributed by atoms with Gasteiger partial charge in [-0.1, -0.05) is 17.7 Å². The highest BCUT2D eigenvalue weighted by Crippen LogP contribution is 2.49. The van der Waals surface area contributed by atoms with Crippen molar-refractivity contribution in [2.24, 2.45) is 0 Å². The van der Waals surface area contributed by atoms with E-state index in [1.54, 1.807) is 21.3 Å². The van der Waals surface area contributed by atoms with Crippen LogP contribution in [0.3, 0.4) is 0 Å². The molecule has 0 amide bonds. The number of nitrogens with zero attached hydrogens (tertiary/aromatic N) is 2. The summed E-state index contributed by atoms with van der Waals surface area (Å²) in [6.45, 7) is 4.18. The number of ether oxygens (including phenoxy) is 4. The molecule has 2 aliphatic rings. The molecule has 0 radical (unpaired) electrons. The fourth-order valence-electron chi connectivity index (χ4n) is 4.58. The average Bonchev–Trinajstić information content (AvgIpc) is 3.37. The number of esters is 1. The zero-order valence-corrected chi connectivity index (χ0v) is 19.2. The third kappa shape index (κ3) is 3.21. The SMILES string of the molecule is COc1cc([C@@H]2C3=C(COC3=O)Nc3c2c(C)nn3-c2ccc(C)cc2)cc(OC)c1OC. The summed E-state index contributed by atoms with van der Waals surface area (Å²) in [6.07, 6.45) is 0. The quantitative estimate of drug-likeness (QED) is 0.594. The Morgan fingerprint density at radius 2 is 1.70 bits per heavy atom. The molecular weight excluding hydrogens is 422 g/mol. The Morgan fingerprint density at radius 1 is 1.03 bits per heavy atom. The van der Waals surface area contributed by atoms with E-state index in [1.165, 1.54) is 5.56 Å². The van der Waals surface area contributed by atoms with Gasteiger partial charge in [-0.05, 0) is 43.7 Å². The number of fused-ring (bicyclic) bond motifs is 1. The van der Waals surface area contributed by atoms with E-state index in [2.05, 4.69) is 5.32 Å². The summed E-state index contributed by atoms with van der Waals surface area (Å²) in [5.74, 6) is 1.59. The number of benzene rings is 2. The highest BCUT2D eigenvalue weighted by molar-refractivity contribution is 5.97. The maximum absolute atomic E-state index is 12.8. The van der Waals surface area contributed by atoms with Gasteiger partial charge in [0.1, 0.15) is 12.4 Å². The van der Waals surface area contributed by atoms with E-state index in [-0.39, 0.29) is 12.6 Å². The van der Waals surface area contributed by atoms with E-state index < -0.39 is 5.92 Å². The highest BCUT2D eigenvalue weighted by Gasteiger charge is 2.42. The van der Waals surface area contributed by atoms with Crippen molar-refractivity contribution in [2.75, 3.05) is 33.3 Å². The molecule has 1 N–H and O–H groups in total. The molecule has 3 aromatic rings. The first-order chi connectivity index (χ1) is 16.0. The Labute approximate surface area is 191 Å². The van der Waals surface area contributed by atoms with Crippen molar-refractivity contribution in [1.82, 2.24) is 9.78 Å². The van der Waals surface area contributed by atoms with E-state index in [0.29, 0.717) is 22.8 Å². The van der Waals surface area contributed by atoms with Gasteiger partial charge in [-0.3, -0.25) is 0 Å². The molecule has 0 saturated heterocycles. The zero-order chi connectivity index (χ0) is 23.3. The van der Waals surface area contributed by atoms with E-state index >= 15 is 0 Å². The lowest BCUT2D eigenvalue weighted by molar-refractivity contribution is -0.136. The molecular formula is C25H25N3O5. The number of aromatic nitrogens is 2. The summed E-state index contributed by atoms with van der Waals surface area (Å²) in [6, 6.07) is 11.9. The number of methoxy groups -OCH3 is 3. The summed E-state index contributed by atoms with van der Waals surface area (Å²) in [5, 5.41) is 8.25. The summed E-state index contributed by atoms with van der Waals surface area (Å²) < 4.78 is 23.9. The molecule has 0 saturated carbocycles. The highest BCUT2D eigenvalue weighted by atomic mass is 16.5. The molecule has 2 aromatic carbocycles. The number of carbonyl (C=O) groups is 1. The Balaban J connectivity index is 1.75. The Hall–Kier alpha value is -3.94. The average molecular weight is 447 g/mol. The van der Waals surface area contributed by atoms with Crippen LogP contribution in [0.5, 0.6) is 17.2 Å². The van der Waals surface area contributed by atoms with Crippen LogP contribution in [0.15, 0.2) is 47.7 Å². The van der Waals surface area contributed by atoms with Crippen LogP contribution in [0, 0.1) is 13.8 Å². The van der Waals surface area contributed by atoms with Crippen LogP contribution >= 0.6 is 0 Å². The minimum atomic E-state index is -0.404. The minimum absolute atomic E-state index is 0.187. The minimum Gasteiger partial charge on any atom is -0.493 e. The standard InChI is InChI=1S/C25H25N3O5/c1-13-6-8-16(9-7-13)28-24-20(14(2)27-28)21(22-17(26-24)12-33-25(22)29)15-10-18(30-3)23(32-5)19(11-15)31-4/h6-11,21,26H,12H2,1-5H3/t21-/m0/s1. The number of rotatable bonds is 5. The maximum Gasteiger partial charge on any atom is 0.337 e. The number of hydrogen-bond acceptors (Lipinski definition) is 7. The molecule has 0 fully saturated rings. The van der Waals surface area contributed by atoms with Crippen LogP contribution in [0.4, 0.5) is 5.82 Å². The van der Waals surface area contributed by atoms with Crippen molar-refractivity contribution in [3.8, 4) is 22.9 Å². The van der Waals surface area contributed by atoms with Gasteiger partial charge in [0.05, 0.1) is 44.0 Å². The van der Waals surface area contributed by atoms with Gasteiger partial charge in [0.15, 0.2) is 11.5 Å². The molecule has 0 aliphatic carbocycles. The van der Waals surface area contributed by atoms with Crippen LogP contribution in [-0.4, -0.2) is 43.7 Å². The predicted octanol–water partition coefficient (Wildman–Crippen LogP) is 3.88. The summed E-state index contributed by atoms with van der Waals surface area (Å²) in [7, 11) is 4.71. The first-order valence-corrected chi connectivity index (χ1v) is 10.6. The van der Waals surface area contributed by atoms with Gasteiger partial charge in [-0.25, -0.2) is 9.48 Å². The Kier molecular flexibility index (Phi) is 5.00. The predicted molar refractivity (Wildman–Crippen MR) is 123 cm³/mol. The Morgan fingerprint density at radius 3 is 2.30 bits per heavy atom. The molecule has 0 bridgehead atoms. The smallest absolute Gasteiger partial charge is 0.337 e. The number of nitrogens with one attached hydrogen (secondary N) is 1. The van der Waals surface area contributed by atoms with Gasteiger partial charge in [0.25, 0.3) is 0 Å². The lowest BCUT2D eigenvalue weighted by Gasteiger charge is -2.26. The van der Waals surface area contributed by atoms with Crippen LogP contribution in [0.1, 0.15) is 28.3 Å². The summed E-state index contributed by atoms with van der Waals surface area (Å²) >= 11 is 0. The lowest BCUT2D eigenvalue weighted by atomic mass is 9.81. The largest absolute Gasteiger partial charge is 0.493 e. The molecule has 3 heterocycles. The third-order valence-corrected chi connectivity index (χ3v) is 6.14. The van der Waals surface area contributed by atoms with Crippen LogP contribution in [-0.2, 0) is 9.53 Å². The fraction of sp³-hybridized carbons (Fsp3) is 0.280. The molecule has 33 heavy (non-hydrogen) atoms. The lowest BCUT2D eigenvalue weighted by Crippen LogP contribution is -2.21. The van der Waals surface area contributed by atoms with Gasteiger partial charge >= 0.3 is 5.97 Å². The number of hydrogen-bond donors (Lipinski definition) is 1. The molecule has 1 atom stereocenters. The van der Waals surface area contributed by atoms with E-state index in [9.17, 15) is 4.79 Å². The van der Waals surface area contributed by atoms with E-state index in [1.807, 2.05) is 54.9 Å². The molecule has 8 heteroatoms.